The number of rotatable bonds is 7. The number of hydrogen-bond donors (Lipinski definition) is 1. The van der Waals surface area contributed by atoms with E-state index in [-0.39, 0.29) is 12.0 Å². The Labute approximate surface area is 178 Å². The molecular weight excluding hydrogens is 390 g/mol. The van der Waals surface area contributed by atoms with Crippen LogP contribution in [0.25, 0.3) is 0 Å². The van der Waals surface area contributed by atoms with Crippen LogP contribution in [0.15, 0.2) is 12.1 Å². The predicted octanol–water partition coefficient (Wildman–Crippen LogP) is 1.99. The fourth-order valence-corrected chi connectivity index (χ4v) is 3.12. The number of nitrogens with one attached hydrogen (secondary N) is 1. The van der Waals surface area contributed by atoms with Crippen molar-refractivity contribution in [1.82, 2.24) is 15.1 Å². The van der Waals surface area contributed by atoms with Gasteiger partial charge in [-0.2, -0.15) is 0 Å². The molecular formula is C21H33N3O6. The maximum absolute atomic E-state index is 12.5. The third kappa shape index (κ3) is 6.41. The molecule has 1 aromatic rings. The summed E-state index contributed by atoms with van der Waals surface area (Å²) in [6.45, 7) is 9.44. The molecule has 2 rings (SSSR count). The SMILES string of the molecule is COc1cc(C(=O)NCCN2CCN(C(=O)OC(C)(C)C)CC2)cc(OC)c1OC. The fourth-order valence-electron chi connectivity index (χ4n) is 3.12. The normalized spacial score (nSPS) is 14.8. The van der Waals surface area contributed by atoms with Gasteiger partial charge in [-0.15, -0.1) is 0 Å². The summed E-state index contributed by atoms with van der Waals surface area (Å²) in [5, 5.41) is 2.91. The van der Waals surface area contributed by atoms with E-state index in [0.717, 1.165) is 13.1 Å². The highest BCUT2D eigenvalue weighted by Gasteiger charge is 2.25. The van der Waals surface area contributed by atoms with Gasteiger partial charge in [0.2, 0.25) is 5.75 Å². The number of ether oxygens (including phenoxy) is 4. The molecule has 0 aliphatic carbocycles. The number of piperazine rings is 1. The largest absolute Gasteiger partial charge is 0.493 e. The standard InChI is InChI=1S/C21H33N3O6/c1-21(2,3)30-20(26)24-11-9-23(10-12-24)8-7-22-19(25)15-13-16(27-4)18(29-6)17(14-15)28-5/h13-14H,7-12H2,1-6H3,(H,22,25). The highest BCUT2D eigenvalue weighted by Crippen LogP contribution is 2.38. The summed E-state index contributed by atoms with van der Waals surface area (Å²) in [7, 11) is 4.54. The van der Waals surface area contributed by atoms with Crippen molar-refractivity contribution in [2.45, 2.75) is 26.4 Å². The van der Waals surface area contributed by atoms with Crippen molar-refractivity contribution in [2.75, 3.05) is 60.6 Å². The molecule has 168 valence electrons. The van der Waals surface area contributed by atoms with Gasteiger partial charge in [0.15, 0.2) is 11.5 Å². The van der Waals surface area contributed by atoms with Crippen LogP contribution in [0.1, 0.15) is 31.1 Å². The quantitative estimate of drug-likeness (QED) is 0.717. The Bertz CT molecular complexity index is 714. The maximum atomic E-state index is 12.5. The van der Waals surface area contributed by atoms with Crippen LogP contribution >= 0.6 is 0 Å². The number of carbonyl (C=O) groups is 2. The number of hydrogen-bond acceptors (Lipinski definition) is 7. The van der Waals surface area contributed by atoms with Crippen LogP contribution in [-0.2, 0) is 4.74 Å². The van der Waals surface area contributed by atoms with Crippen molar-refractivity contribution in [3.8, 4) is 17.2 Å². The van der Waals surface area contributed by atoms with Crippen LogP contribution in [0.5, 0.6) is 17.2 Å². The summed E-state index contributed by atoms with van der Waals surface area (Å²) < 4.78 is 21.3. The van der Waals surface area contributed by atoms with E-state index in [1.165, 1.54) is 21.3 Å². The first-order valence-corrected chi connectivity index (χ1v) is 9.97. The number of benzene rings is 1. The Morgan fingerprint density at radius 3 is 2.00 bits per heavy atom. The van der Waals surface area contributed by atoms with Crippen molar-refractivity contribution in [1.29, 1.82) is 0 Å². The van der Waals surface area contributed by atoms with E-state index in [2.05, 4.69) is 10.2 Å². The molecule has 1 fully saturated rings. The van der Waals surface area contributed by atoms with Gasteiger partial charge in [0.25, 0.3) is 5.91 Å². The third-order valence-corrected chi connectivity index (χ3v) is 4.66. The van der Waals surface area contributed by atoms with Crippen LogP contribution in [0.4, 0.5) is 4.79 Å². The summed E-state index contributed by atoms with van der Waals surface area (Å²) in [5.74, 6) is 1.08. The van der Waals surface area contributed by atoms with Crippen molar-refractivity contribution in [2.24, 2.45) is 0 Å². The lowest BCUT2D eigenvalue weighted by Crippen LogP contribution is -2.51. The van der Waals surface area contributed by atoms with E-state index >= 15 is 0 Å². The molecule has 0 spiro atoms. The second-order valence-corrected chi connectivity index (χ2v) is 7.98. The molecule has 0 radical (unpaired) electrons. The molecule has 1 N–H and O–H groups in total. The van der Waals surface area contributed by atoms with Gasteiger partial charge in [-0.3, -0.25) is 9.69 Å². The molecule has 0 atom stereocenters. The van der Waals surface area contributed by atoms with Gasteiger partial charge in [0.1, 0.15) is 5.60 Å². The average molecular weight is 424 g/mol. The number of nitrogens with zero attached hydrogens (tertiary/aromatic N) is 2. The Hall–Kier alpha value is -2.68. The Morgan fingerprint density at radius 2 is 1.53 bits per heavy atom. The molecule has 0 aromatic heterocycles. The predicted molar refractivity (Wildman–Crippen MR) is 113 cm³/mol. The fraction of sp³-hybridized carbons (Fsp3) is 0.619. The van der Waals surface area contributed by atoms with Gasteiger partial charge < -0.3 is 29.2 Å². The topological polar surface area (TPSA) is 89.6 Å². The minimum atomic E-state index is -0.495. The van der Waals surface area contributed by atoms with Crippen LogP contribution in [-0.4, -0.2) is 88.0 Å². The van der Waals surface area contributed by atoms with E-state index in [1.54, 1.807) is 17.0 Å². The first-order chi connectivity index (χ1) is 14.2. The smallest absolute Gasteiger partial charge is 0.410 e. The summed E-state index contributed by atoms with van der Waals surface area (Å²) in [5.41, 5.74) is -0.0649. The lowest BCUT2D eigenvalue weighted by Gasteiger charge is -2.35. The Kier molecular flexibility index (Phi) is 8.16. The van der Waals surface area contributed by atoms with E-state index in [9.17, 15) is 9.59 Å². The van der Waals surface area contributed by atoms with Crippen molar-refractivity contribution in [3.63, 3.8) is 0 Å². The second kappa shape index (κ2) is 10.4. The molecule has 2 amide bonds. The molecule has 0 saturated carbocycles. The number of amides is 2. The van der Waals surface area contributed by atoms with E-state index in [1.807, 2.05) is 20.8 Å². The molecule has 9 heteroatoms. The van der Waals surface area contributed by atoms with E-state index in [0.29, 0.717) is 49.0 Å². The molecule has 9 nitrogen and oxygen atoms in total. The molecule has 1 aliphatic heterocycles. The zero-order valence-electron chi connectivity index (χ0n) is 18.7. The Balaban J connectivity index is 1.82. The third-order valence-electron chi connectivity index (χ3n) is 4.66. The van der Waals surface area contributed by atoms with Gasteiger partial charge in [-0.25, -0.2) is 4.79 Å². The molecule has 0 unspecified atom stereocenters. The zero-order chi connectivity index (χ0) is 22.3. The lowest BCUT2D eigenvalue weighted by atomic mass is 10.1. The molecule has 30 heavy (non-hydrogen) atoms. The van der Waals surface area contributed by atoms with Crippen LogP contribution in [0.3, 0.4) is 0 Å². The first kappa shape index (κ1) is 23.6. The van der Waals surface area contributed by atoms with Crippen LogP contribution < -0.4 is 19.5 Å². The highest BCUT2D eigenvalue weighted by molar-refractivity contribution is 5.95. The van der Waals surface area contributed by atoms with Gasteiger partial charge in [-0.1, -0.05) is 0 Å². The minimum Gasteiger partial charge on any atom is -0.493 e. The molecule has 0 bridgehead atoms. The van der Waals surface area contributed by atoms with Gasteiger partial charge in [-0.05, 0) is 32.9 Å². The molecule has 1 saturated heterocycles. The van der Waals surface area contributed by atoms with E-state index in [4.69, 9.17) is 18.9 Å². The van der Waals surface area contributed by atoms with Crippen molar-refractivity contribution >= 4 is 12.0 Å². The van der Waals surface area contributed by atoms with Crippen molar-refractivity contribution < 1.29 is 28.5 Å². The van der Waals surface area contributed by atoms with Crippen molar-refractivity contribution in [3.05, 3.63) is 17.7 Å². The lowest BCUT2D eigenvalue weighted by molar-refractivity contribution is 0.0147. The van der Waals surface area contributed by atoms with E-state index < -0.39 is 5.60 Å². The zero-order valence-corrected chi connectivity index (χ0v) is 18.7. The average Bonchev–Trinajstić information content (AvgIpc) is 2.71. The first-order valence-electron chi connectivity index (χ1n) is 9.97. The molecule has 1 heterocycles. The summed E-state index contributed by atoms with van der Waals surface area (Å²) in [4.78, 5) is 28.6. The number of methoxy groups -OCH3 is 3. The molecule has 1 aromatic carbocycles. The van der Waals surface area contributed by atoms with Gasteiger partial charge in [0.05, 0.1) is 21.3 Å². The van der Waals surface area contributed by atoms with Gasteiger partial charge in [0, 0.05) is 44.8 Å². The monoisotopic (exact) mass is 423 g/mol. The van der Waals surface area contributed by atoms with Crippen LogP contribution in [0, 0.1) is 0 Å². The maximum Gasteiger partial charge on any atom is 0.410 e. The molecule has 1 aliphatic rings. The second-order valence-electron chi connectivity index (χ2n) is 7.98. The van der Waals surface area contributed by atoms with Gasteiger partial charge >= 0.3 is 6.09 Å². The Morgan fingerprint density at radius 1 is 0.967 bits per heavy atom. The summed E-state index contributed by atoms with van der Waals surface area (Å²) in [6.07, 6.45) is -0.280. The highest BCUT2D eigenvalue weighted by atomic mass is 16.6. The van der Waals surface area contributed by atoms with Crippen LogP contribution in [0.2, 0.25) is 0 Å². The number of carbonyl (C=O) groups excluding carboxylic acids is 2. The summed E-state index contributed by atoms with van der Waals surface area (Å²) >= 11 is 0. The summed E-state index contributed by atoms with van der Waals surface area (Å²) in [6, 6.07) is 3.24. The minimum absolute atomic E-state index is 0.221.